The molecule has 0 saturated carbocycles. The zero-order valence-corrected chi connectivity index (χ0v) is 13.8. The highest BCUT2D eigenvalue weighted by Crippen LogP contribution is 2.26. The Morgan fingerprint density at radius 3 is 2.29 bits per heavy atom. The molecule has 1 N–H and O–H groups in total. The number of aliphatic hydroxyl groups excluding tert-OH is 1. The van der Waals surface area contributed by atoms with Crippen LogP contribution in [0.15, 0.2) is 17.0 Å². The SMILES string of the molecule is Cc1cc(C)c(S(=O)(=O)N2C[C@@H](C)O[C@@H](C)C2)cc1CO. The zero-order valence-electron chi connectivity index (χ0n) is 13.0. The van der Waals surface area contributed by atoms with E-state index in [9.17, 15) is 13.5 Å². The lowest BCUT2D eigenvalue weighted by Gasteiger charge is -2.34. The molecule has 1 saturated heterocycles. The molecule has 0 unspecified atom stereocenters. The van der Waals surface area contributed by atoms with Gasteiger partial charge in [-0.25, -0.2) is 8.42 Å². The molecule has 0 spiro atoms. The van der Waals surface area contributed by atoms with Crippen molar-refractivity contribution in [3.05, 3.63) is 28.8 Å². The minimum atomic E-state index is -3.57. The van der Waals surface area contributed by atoms with E-state index < -0.39 is 10.0 Å². The van der Waals surface area contributed by atoms with E-state index in [1.54, 1.807) is 13.0 Å². The third kappa shape index (κ3) is 3.29. The number of morpholine rings is 1. The summed E-state index contributed by atoms with van der Waals surface area (Å²) in [5.74, 6) is 0. The topological polar surface area (TPSA) is 66.8 Å². The molecular weight excluding hydrogens is 290 g/mol. The number of benzene rings is 1. The minimum absolute atomic E-state index is 0.119. The molecule has 0 aromatic heterocycles. The highest BCUT2D eigenvalue weighted by Gasteiger charge is 2.33. The van der Waals surface area contributed by atoms with Crippen LogP contribution in [0.3, 0.4) is 0 Å². The first-order chi connectivity index (χ1) is 9.75. The second kappa shape index (κ2) is 6.04. The van der Waals surface area contributed by atoms with Crippen LogP contribution in [0.1, 0.15) is 30.5 Å². The number of hydrogen-bond acceptors (Lipinski definition) is 4. The maximum atomic E-state index is 12.9. The molecule has 0 aliphatic carbocycles. The van der Waals surface area contributed by atoms with Crippen molar-refractivity contribution in [1.82, 2.24) is 4.31 Å². The molecule has 2 atom stereocenters. The van der Waals surface area contributed by atoms with Crippen LogP contribution in [0, 0.1) is 13.8 Å². The van der Waals surface area contributed by atoms with Gasteiger partial charge in [0.1, 0.15) is 0 Å². The van der Waals surface area contributed by atoms with Crippen molar-refractivity contribution in [3.8, 4) is 0 Å². The molecule has 0 radical (unpaired) electrons. The Morgan fingerprint density at radius 2 is 1.76 bits per heavy atom. The predicted octanol–water partition coefficient (Wildman–Crippen LogP) is 1.59. The third-order valence-corrected chi connectivity index (χ3v) is 5.78. The fourth-order valence-corrected chi connectivity index (χ4v) is 4.64. The number of aliphatic hydroxyl groups is 1. The summed E-state index contributed by atoms with van der Waals surface area (Å²) in [5, 5.41) is 9.37. The average Bonchev–Trinajstić information content (AvgIpc) is 2.37. The first-order valence-electron chi connectivity index (χ1n) is 7.12. The summed E-state index contributed by atoms with van der Waals surface area (Å²) in [6.45, 7) is 7.95. The number of sulfonamides is 1. The van der Waals surface area contributed by atoms with Gasteiger partial charge in [0.2, 0.25) is 10.0 Å². The van der Waals surface area contributed by atoms with Gasteiger partial charge in [0.25, 0.3) is 0 Å². The van der Waals surface area contributed by atoms with Gasteiger partial charge in [-0.15, -0.1) is 0 Å². The normalized spacial score (nSPS) is 24.2. The molecule has 5 nitrogen and oxygen atoms in total. The van der Waals surface area contributed by atoms with Gasteiger partial charge in [0, 0.05) is 13.1 Å². The lowest BCUT2D eigenvalue weighted by Crippen LogP contribution is -2.48. The monoisotopic (exact) mass is 313 g/mol. The van der Waals surface area contributed by atoms with Gasteiger partial charge in [-0.2, -0.15) is 4.31 Å². The Morgan fingerprint density at radius 1 is 1.19 bits per heavy atom. The number of ether oxygens (including phenoxy) is 1. The van der Waals surface area contributed by atoms with Crippen LogP contribution in [0.4, 0.5) is 0 Å². The van der Waals surface area contributed by atoms with Gasteiger partial charge in [0.15, 0.2) is 0 Å². The van der Waals surface area contributed by atoms with E-state index in [0.29, 0.717) is 24.2 Å². The van der Waals surface area contributed by atoms with Crippen LogP contribution in [0.25, 0.3) is 0 Å². The number of rotatable bonds is 3. The maximum Gasteiger partial charge on any atom is 0.243 e. The summed E-state index contributed by atoms with van der Waals surface area (Å²) in [4.78, 5) is 0.276. The molecule has 0 bridgehead atoms. The highest BCUT2D eigenvalue weighted by molar-refractivity contribution is 7.89. The van der Waals surface area contributed by atoms with Crippen LogP contribution in [0.5, 0.6) is 0 Å². The molecule has 1 aromatic rings. The Kier molecular flexibility index (Phi) is 4.72. The number of aryl methyl sites for hydroxylation is 2. The minimum Gasteiger partial charge on any atom is -0.392 e. The van der Waals surface area contributed by atoms with Crippen molar-refractivity contribution in [2.45, 2.75) is 51.4 Å². The lowest BCUT2D eigenvalue weighted by molar-refractivity contribution is -0.0441. The zero-order chi connectivity index (χ0) is 15.8. The van der Waals surface area contributed by atoms with E-state index in [1.165, 1.54) is 4.31 Å². The molecule has 118 valence electrons. The van der Waals surface area contributed by atoms with Crippen LogP contribution >= 0.6 is 0 Å². The van der Waals surface area contributed by atoms with Crippen molar-refractivity contribution in [2.75, 3.05) is 13.1 Å². The van der Waals surface area contributed by atoms with E-state index in [0.717, 1.165) is 5.56 Å². The standard InChI is InChI=1S/C15H23NO4S/c1-10-5-11(2)15(6-14(10)9-17)21(18,19)16-7-12(3)20-13(4)8-16/h5-6,12-13,17H,7-9H2,1-4H3/t12-,13+. The summed E-state index contributed by atoms with van der Waals surface area (Å²) in [7, 11) is -3.57. The van der Waals surface area contributed by atoms with Crippen LogP contribution in [0.2, 0.25) is 0 Å². The summed E-state index contributed by atoms with van der Waals surface area (Å²) in [6, 6.07) is 3.40. The van der Waals surface area contributed by atoms with E-state index in [4.69, 9.17) is 4.74 Å². The largest absolute Gasteiger partial charge is 0.392 e. The van der Waals surface area contributed by atoms with Crippen LogP contribution in [-0.4, -0.2) is 43.1 Å². The van der Waals surface area contributed by atoms with Crippen molar-refractivity contribution < 1.29 is 18.3 Å². The molecule has 1 fully saturated rings. The predicted molar refractivity (Wildman–Crippen MR) is 80.6 cm³/mol. The highest BCUT2D eigenvalue weighted by atomic mass is 32.2. The third-order valence-electron chi connectivity index (χ3n) is 3.81. The number of hydrogen-bond donors (Lipinski definition) is 1. The van der Waals surface area contributed by atoms with E-state index in [2.05, 4.69) is 0 Å². The Balaban J connectivity index is 2.44. The number of nitrogens with zero attached hydrogens (tertiary/aromatic N) is 1. The Labute approximate surface area is 126 Å². The summed E-state index contributed by atoms with van der Waals surface area (Å²) in [5.41, 5.74) is 2.25. The quantitative estimate of drug-likeness (QED) is 0.920. The van der Waals surface area contributed by atoms with Crippen LogP contribution < -0.4 is 0 Å². The maximum absolute atomic E-state index is 12.9. The molecule has 1 aliphatic rings. The molecular formula is C15H23NO4S. The van der Waals surface area contributed by atoms with E-state index >= 15 is 0 Å². The van der Waals surface area contributed by atoms with Gasteiger partial charge in [-0.05, 0) is 50.5 Å². The fourth-order valence-electron chi connectivity index (χ4n) is 2.79. The lowest BCUT2D eigenvalue weighted by atomic mass is 10.1. The average molecular weight is 313 g/mol. The van der Waals surface area contributed by atoms with E-state index in [1.807, 2.05) is 26.8 Å². The summed E-state index contributed by atoms with van der Waals surface area (Å²) < 4.78 is 32.8. The molecule has 2 rings (SSSR count). The molecule has 0 amide bonds. The molecule has 21 heavy (non-hydrogen) atoms. The fraction of sp³-hybridized carbons (Fsp3) is 0.600. The van der Waals surface area contributed by atoms with Crippen molar-refractivity contribution in [2.24, 2.45) is 0 Å². The van der Waals surface area contributed by atoms with Gasteiger partial charge in [-0.3, -0.25) is 0 Å². The van der Waals surface area contributed by atoms with Crippen molar-refractivity contribution in [1.29, 1.82) is 0 Å². The summed E-state index contributed by atoms with van der Waals surface area (Å²) in [6.07, 6.45) is -0.238. The molecule has 1 aliphatic heterocycles. The molecule has 1 aromatic carbocycles. The van der Waals surface area contributed by atoms with Crippen LogP contribution in [-0.2, 0) is 21.4 Å². The second-order valence-electron chi connectivity index (χ2n) is 5.78. The van der Waals surface area contributed by atoms with Gasteiger partial charge in [-0.1, -0.05) is 6.07 Å². The van der Waals surface area contributed by atoms with Crippen molar-refractivity contribution >= 4 is 10.0 Å². The Hall–Kier alpha value is -0.950. The van der Waals surface area contributed by atoms with E-state index in [-0.39, 0.29) is 23.7 Å². The summed E-state index contributed by atoms with van der Waals surface area (Å²) >= 11 is 0. The first kappa shape index (κ1) is 16.4. The second-order valence-corrected chi connectivity index (χ2v) is 7.69. The molecule has 1 heterocycles. The van der Waals surface area contributed by atoms with Gasteiger partial charge >= 0.3 is 0 Å². The van der Waals surface area contributed by atoms with Gasteiger partial charge < -0.3 is 9.84 Å². The van der Waals surface area contributed by atoms with Gasteiger partial charge in [0.05, 0.1) is 23.7 Å². The smallest absolute Gasteiger partial charge is 0.243 e. The molecule has 6 heteroatoms. The Bertz CT molecular complexity index is 617. The van der Waals surface area contributed by atoms with Crippen molar-refractivity contribution in [3.63, 3.8) is 0 Å². The first-order valence-corrected chi connectivity index (χ1v) is 8.56.